The minimum atomic E-state index is -2.68. The van der Waals surface area contributed by atoms with Gasteiger partial charge in [0.15, 0.2) is 0 Å². The number of hydrogen-bond acceptors (Lipinski definition) is 1. The Bertz CT molecular complexity index is 261. The third kappa shape index (κ3) is 2.72. The van der Waals surface area contributed by atoms with E-state index in [1.165, 1.54) is 0 Å². The molecule has 0 aliphatic carbocycles. The van der Waals surface area contributed by atoms with Crippen LogP contribution in [0.1, 0.15) is 6.92 Å². The summed E-state index contributed by atoms with van der Waals surface area (Å²) < 4.78 is 31.1. The molecule has 1 unspecified atom stereocenters. The molecule has 1 aromatic carbocycles. The average molecular weight is 218 g/mol. The summed E-state index contributed by atoms with van der Waals surface area (Å²) in [6, 6.07) is 8.78. The zero-order chi connectivity index (χ0) is 9.90. The standard InChI is InChI=1S/C8H12F2OSi2/c1-8(9,10)13(11-12)7-5-3-2-4-6-7/h2-6,13H,1,12H3. The summed E-state index contributed by atoms with van der Waals surface area (Å²) in [7, 11) is -2.16. The minimum absolute atomic E-state index is 0.370. The van der Waals surface area contributed by atoms with Crippen LogP contribution in [0.15, 0.2) is 30.3 Å². The first-order valence-electron chi connectivity index (χ1n) is 4.01. The highest BCUT2D eigenvalue weighted by atomic mass is 28.3. The van der Waals surface area contributed by atoms with Crippen molar-refractivity contribution in [3.05, 3.63) is 30.3 Å². The van der Waals surface area contributed by atoms with Crippen LogP contribution in [0, 0.1) is 0 Å². The monoisotopic (exact) mass is 218 g/mol. The van der Waals surface area contributed by atoms with Crippen molar-refractivity contribution in [1.82, 2.24) is 0 Å². The molecule has 5 heteroatoms. The molecule has 0 spiro atoms. The van der Waals surface area contributed by atoms with Crippen LogP contribution in [0.3, 0.4) is 0 Å². The van der Waals surface area contributed by atoms with Crippen molar-refractivity contribution in [3.8, 4) is 0 Å². The Kier molecular flexibility index (Phi) is 3.35. The molecule has 0 aliphatic rings. The number of alkyl halides is 2. The summed E-state index contributed by atoms with van der Waals surface area (Å²) >= 11 is 0. The largest absolute Gasteiger partial charge is 0.459 e. The number of hydrogen-bond donors (Lipinski definition) is 0. The SMILES string of the molecule is CC(F)(F)[SiH](O[SiH3])c1ccccc1. The van der Waals surface area contributed by atoms with Gasteiger partial charge in [0, 0.05) is 0 Å². The molecular weight excluding hydrogens is 206 g/mol. The summed E-state index contributed by atoms with van der Waals surface area (Å²) in [5, 5.41) is 0.671. The van der Waals surface area contributed by atoms with Gasteiger partial charge in [-0.05, 0) is 12.1 Å². The number of rotatable bonds is 3. The third-order valence-electron chi connectivity index (χ3n) is 1.80. The number of halogens is 2. The summed E-state index contributed by atoms with van der Waals surface area (Å²) in [5.74, 6) is 0. The lowest BCUT2D eigenvalue weighted by Gasteiger charge is -2.20. The Labute approximate surface area is 81.0 Å². The first-order valence-corrected chi connectivity index (χ1v) is 6.45. The smallest absolute Gasteiger partial charge is 0.275 e. The predicted octanol–water partition coefficient (Wildman–Crippen LogP) is 0.109. The second-order valence-electron chi connectivity index (χ2n) is 2.98. The van der Waals surface area contributed by atoms with E-state index in [9.17, 15) is 8.78 Å². The maximum absolute atomic E-state index is 13.0. The van der Waals surface area contributed by atoms with Crippen LogP contribution >= 0.6 is 0 Å². The fourth-order valence-corrected chi connectivity index (χ4v) is 5.16. The zero-order valence-electron chi connectivity index (χ0n) is 7.63. The maximum atomic E-state index is 13.0. The normalized spacial score (nSPS) is 14.4. The molecule has 13 heavy (non-hydrogen) atoms. The van der Waals surface area contributed by atoms with E-state index in [4.69, 9.17) is 4.12 Å². The van der Waals surface area contributed by atoms with Crippen molar-refractivity contribution in [3.63, 3.8) is 0 Å². The molecule has 0 radical (unpaired) electrons. The van der Waals surface area contributed by atoms with Gasteiger partial charge in [0.05, 0.1) is 0 Å². The van der Waals surface area contributed by atoms with Gasteiger partial charge in [-0.15, -0.1) is 0 Å². The molecule has 1 aromatic rings. The van der Waals surface area contributed by atoms with Crippen molar-refractivity contribution >= 4 is 24.7 Å². The molecule has 0 aliphatic heterocycles. The van der Waals surface area contributed by atoms with E-state index in [0.717, 1.165) is 6.92 Å². The Morgan fingerprint density at radius 1 is 1.31 bits per heavy atom. The minimum Gasteiger partial charge on any atom is -0.459 e. The van der Waals surface area contributed by atoms with Gasteiger partial charge in [0.25, 0.3) is 14.6 Å². The molecule has 72 valence electrons. The van der Waals surface area contributed by atoms with Gasteiger partial charge in [-0.2, -0.15) is 0 Å². The summed E-state index contributed by atoms with van der Waals surface area (Å²) in [4.78, 5) is 0. The van der Waals surface area contributed by atoms with Crippen molar-refractivity contribution in [1.29, 1.82) is 0 Å². The van der Waals surface area contributed by atoms with E-state index in [1.54, 1.807) is 24.3 Å². The van der Waals surface area contributed by atoms with E-state index in [0.29, 0.717) is 15.7 Å². The fourth-order valence-electron chi connectivity index (χ4n) is 1.26. The zero-order valence-corrected chi connectivity index (χ0v) is 10.8. The van der Waals surface area contributed by atoms with E-state index >= 15 is 0 Å². The number of benzene rings is 1. The first-order chi connectivity index (χ1) is 6.05. The molecular formula is C8H12F2OSi2. The quantitative estimate of drug-likeness (QED) is 0.654. The Morgan fingerprint density at radius 3 is 2.23 bits per heavy atom. The first kappa shape index (κ1) is 10.6. The topological polar surface area (TPSA) is 9.23 Å². The second-order valence-corrected chi connectivity index (χ2v) is 7.31. The average Bonchev–Trinajstić information content (AvgIpc) is 2.05. The van der Waals surface area contributed by atoms with Gasteiger partial charge in [-0.25, -0.2) is 8.78 Å². The van der Waals surface area contributed by atoms with E-state index in [-0.39, 0.29) is 0 Å². The molecule has 1 atom stereocenters. The predicted molar refractivity (Wildman–Crippen MR) is 54.9 cm³/mol. The molecule has 0 aromatic heterocycles. The van der Waals surface area contributed by atoms with Gasteiger partial charge in [-0.1, -0.05) is 30.3 Å². The van der Waals surface area contributed by atoms with Crippen LogP contribution in [0.4, 0.5) is 8.78 Å². The Balaban J connectivity index is 2.92. The van der Waals surface area contributed by atoms with Crippen LogP contribution in [0.5, 0.6) is 0 Å². The van der Waals surface area contributed by atoms with Gasteiger partial charge in [-0.3, -0.25) is 0 Å². The van der Waals surface area contributed by atoms with Gasteiger partial charge in [0.2, 0.25) is 0 Å². The lowest BCUT2D eigenvalue weighted by Crippen LogP contribution is -2.47. The van der Waals surface area contributed by atoms with Crippen LogP contribution < -0.4 is 5.19 Å². The highest BCUT2D eigenvalue weighted by Gasteiger charge is 2.37. The molecule has 1 rings (SSSR count). The lowest BCUT2D eigenvalue weighted by atomic mass is 10.4. The molecule has 0 bridgehead atoms. The second kappa shape index (κ2) is 4.12. The lowest BCUT2D eigenvalue weighted by molar-refractivity contribution is 0.0978. The van der Waals surface area contributed by atoms with Crippen LogP contribution in [0.2, 0.25) is 0 Å². The third-order valence-corrected chi connectivity index (χ3v) is 5.60. The molecule has 0 saturated heterocycles. The van der Waals surface area contributed by atoms with Crippen LogP contribution in [-0.2, 0) is 4.12 Å². The summed E-state index contributed by atoms with van der Waals surface area (Å²) in [6.07, 6.45) is 0. The van der Waals surface area contributed by atoms with Crippen LogP contribution in [-0.4, -0.2) is 25.1 Å². The fraction of sp³-hybridized carbons (Fsp3) is 0.250. The molecule has 1 nitrogen and oxygen atoms in total. The highest BCUT2D eigenvalue weighted by molar-refractivity contribution is 6.71. The van der Waals surface area contributed by atoms with E-state index < -0.39 is 14.6 Å². The van der Waals surface area contributed by atoms with Crippen LogP contribution in [0.25, 0.3) is 0 Å². The highest BCUT2D eigenvalue weighted by Crippen LogP contribution is 2.16. The van der Waals surface area contributed by atoms with Crippen molar-refractivity contribution < 1.29 is 12.9 Å². The van der Waals surface area contributed by atoms with Gasteiger partial charge in [0.1, 0.15) is 10.5 Å². The summed E-state index contributed by atoms with van der Waals surface area (Å²) in [5.41, 5.74) is -2.68. The Hall–Kier alpha value is -0.526. The van der Waals surface area contributed by atoms with E-state index in [1.807, 2.05) is 6.07 Å². The van der Waals surface area contributed by atoms with E-state index in [2.05, 4.69) is 0 Å². The molecule has 0 fully saturated rings. The van der Waals surface area contributed by atoms with Gasteiger partial charge < -0.3 is 4.12 Å². The van der Waals surface area contributed by atoms with Crippen molar-refractivity contribution in [2.45, 2.75) is 12.5 Å². The maximum Gasteiger partial charge on any atom is 0.275 e. The molecule has 0 N–H and O–H groups in total. The van der Waals surface area contributed by atoms with Gasteiger partial charge >= 0.3 is 0 Å². The van der Waals surface area contributed by atoms with Crippen molar-refractivity contribution in [2.75, 3.05) is 0 Å². The van der Waals surface area contributed by atoms with Crippen molar-refractivity contribution in [2.24, 2.45) is 0 Å². The summed E-state index contributed by atoms with van der Waals surface area (Å²) in [6.45, 7) is 0.939. The molecule has 0 amide bonds. The molecule has 0 heterocycles. The Morgan fingerprint density at radius 2 is 1.85 bits per heavy atom. The molecule has 0 saturated carbocycles.